The number of allylic oxidation sites excluding steroid dienone is 2. The molecule has 12 unspecified atom stereocenters. The lowest BCUT2D eigenvalue weighted by Crippen LogP contribution is -2.60. The van der Waals surface area contributed by atoms with Crippen molar-refractivity contribution in [2.45, 2.75) is 125 Å². The summed E-state index contributed by atoms with van der Waals surface area (Å²) in [4.78, 5) is 38.6. The van der Waals surface area contributed by atoms with Gasteiger partial charge in [-0.3, -0.25) is 9.59 Å². The Balaban J connectivity index is 1.07. The highest BCUT2D eigenvalue weighted by atomic mass is 35.5. The third kappa shape index (κ3) is 5.86. The number of aldehydes is 1. The van der Waals surface area contributed by atoms with Crippen molar-refractivity contribution in [2.24, 2.45) is 75.4 Å². The molecule has 0 aliphatic heterocycles. The third-order valence-electron chi connectivity index (χ3n) is 16.4. The van der Waals surface area contributed by atoms with Gasteiger partial charge in [-0.2, -0.15) is 0 Å². The van der Waals surface area contributed by atoms with Crippen LogP contribution in [0.25, 0.3) is 0 Å². The maximum Gasteiger partial charge on any atom is 0.159 e. The molecule has 0 heterocycles. The summed E-state index contributed by atoms with van der Waals surface area (Å²) in [6.45, 7) is 16.2. The number of benzene rings is 1. The van der Waals surface area contributed by atoms with Gasteiger partial charge in [-0.1, -0.05) is 70.8 Å². The molecule has 4 nitrogen and oxygen atoms in total. The fourth-order valence-electron chi connectivity index (χ4n) is 13.7. The van der Waals surface area contributed by atoms with Crippen molar-refractivity contribution in [1.82, 2.24) is 5.32 Å². The second-order valence-corrected chi connectivity index (χ2v) is 19.2. The first-order valence-corrected chi connectivity index (χ1v) is 20.4. The first-order valence-electron chi connectivity index (χ1n) is 20.0. The Morgan fingerprint density at radius 2 is 1.65 bits per heavy atom. The van der Waals surface area contributed by atoms with Crippen LogP contribution >= 0.6 is 11.6 Å². The zero-order chi connectivity index (χ0) is 34.9. The molecule has 49 heavy (non-hydrogen) atoms. The van der Waals surface area contributed by atoms with Crippen LogP contribution in [0, 0.1) is 75.4 Å². The Labute approximate surface area is 301 Å². The van der Waals surface area contributed by atoms with Gasteiger partial charge in [0.05, 0.1) is 0 Å². The number of carbonyl (C=O) groups excluding carboxylic acids is 3. The Kier molecular flexibility index (Phi) is 9.69. The molecule has 5 saturated carbocycles. The van der Waals surface area contributed by atoms with Crippen molar-refractivity contribution in [3.8, 4) is 0 Å². The van der Waals surface area contributed by atoms with Crippen LogP contribution in [0.3, 0.4) is 0 Å². The molecule has 1 aromatic carbocycles. The zero-order valence-corrected chi connectivity index (χ0v) is 31.9. The van der Waals surface area contributed by atoms with E-state index in [1.807, 2.05) is 12.1 Å². The van der Waals surface area contributed by atoms with Gasteiger partial charge in [0.2, 0.25) is 0 Å². The molecule has 1 N–H and O–H groups in total. The molecule has 0 spiro atoms. The molecule has 0 amide bonds. The second-order valence-electron chi connectivity index (χ2n) is 18.8. The van der Waals surface area contributed by atoms with Crippen LogP contribution in [0.1, 0.15) is 124 Å². The van der Waals surface area contributed by atoms with Gasteiger partial charge in [-0.25, -0.2) is 0 Å². The normalized spacial score (nSPS) is 42.9. The summed E-state index contributed by atoms with van der Waals surface area (Å²) >= 11 is 6.12. The highest BCUT2D eigenvalue weighted by Gasteiger charge is 2.64. The lowest BCUT2D eigenvalue weighted by molar-refractivity contribution is -0.172. The molecule has 0 aromatic heterocycles. The van der Waals surface area contributed by atoms with Gasteiger partial charge in [0, 0.05) is 41.7 Å². The van der Waals surface area contributed by atoms with E-state index in [2.05, 4.69) is 59.0 Å². The van der Waals surface area contributed by atoms with Gasteiger partial charge in [0.1, 0.15) is 12.1 Å². The fourth-order valence-corrected chi connectivity index (χ4v) is 13.9. The standard InChI is InChI=1S/C44H62ClNO3/c1-26(2)40-38(49)23-44(19-20-46-24-29-7-9-32(45)10-8-29)18-15-36-33(41(40)44)11-12-39-42(5)16-13-30(28(4)35(42)14-17-43(36,39)6)22-37(48)34-21-31(25-47)27(34)3/h7-10,25-28,30-31,33-36,39,46H,11-24H2,1-6H3. The highest BCUT2D eigenvalue weighted by molar-refractivity contribution is 6.30. The van der Waals surface area contributed by atoms with Gasteiger partial charge >= 0.3 is 0 Å². The second kappa shape index (κ2) is 13.3. The summed E-state index contributed by atoms with van der Waals surface area (Å²) in [6.07, 6.45) is 14.2. The van der Waals surface area contributed by atoms with Crippen LogP contribution < -0.4 is 5.32 Å². The van der Waals surface area contributed by atoms with Crippen molar-refractivity contribution in [3.05, 3.63) is 46.0 Å². The maximum atomic E-state index is 13.9. The number of hydrogen-bond acceptors (Lipinski definition) is 4. The Morgan fingerprint density at radius 3 is 2.35 bits per heavy atom. The average Bonchev–Trinajstić information content (AvgIpc) is 3.37. The molecule has 268 valence electrons. The van der Waals surface area contributed by atoms with Gasteiger partial charge in [0.15, 0.2) is 5.78 Å². The number of halogens is 1. The van der Waals surface area contributed by atoms with Crippen LogP contribution in [0.15, 0.2) is 35.4 Å². The smallest absolute Gasteiger partial charge is 0.159 e. The molecule has 0 saturated heterocycles. The summed E-state index contributed by atoms with van der Waals surface area (Å²) in [7, 11) is 0. The Bertz CT molecular complexity index is 1480. The Hall–Kier alpha value is -1.78. The Morgan fingerprint density at radius 1 is 0.959 bits per heavy atom. The van der Waals surface area contributed by atoms with Crippen molar-refractivity contribution < 1.29 is 14.4 Å². The van der Waals surface area contributed by atoms with E-state index in [1.165, 1.54) is 56.1 Å². The van der Waals surface area contributed by atoms with E-state index in [-0.39, 0.29) is 29.1 Å². The minimum absolute atomic E-state index is 0.0257. The minimum Gasteiger partial charge on any atom is -0.313 e. The third-order valence-corrected chi connectivity index (χ3v) is 16.7. The molecular weight excluding hydrogens is 626 g/mol. The number of nitrogens with one attached hydrogen (secondary N) is 1. The lowest BCUT2D eigenvalue weighted by Gasteiger charge is -2.67. The van der Waals surface area contributed by atoms with Crippen molar-refractivity contribution in [3.63, 3.8) is 0 Å². The van der Waals surface area contributed by atoms with Crippen LogP contribution in [0.2, 0.25) is 5.02 Å². The first-order chi connectivity index (χ1) is 23.3. The molecule has 6 aliphatic rings. The lowest BCUT2D eigenvalue weighted by atomic mass is 9.37. The molecule has 12 atom stereocenters. The van der Waals surface area contributed by atoms with E-state index in [4.69, 9.17) is 11.6 Å². The molecule has 1 aromatic rings. The van der Waals surface area contributed by atoms with Crippen LogP contribution in [0.5, 0.6) is 0 Å². The van der Waals surface area contributed by atoms with Gasteiger partial charge < -0.3 is 10.1 Å². The van der Waals surface area contributed by atoms with Crippen LogP contribution in [0.4, 0.5) is 0 Å². The molecule has 6 aliphatic carbocycles. The van der Waals surface area contributed by atoms with E-state index in [9.17, 15) is 14.4 Å². The quantitative estimate of drug-likeness (QED) is 0.196. The minimum atomic E-state index is 0.0257. The first kappa shape index (κ1) is 35.6. The van der Waals surface area contributed by atoms with E-state index < -0.39 is 0 Å². The molecule has 0 bridgehead atoms. The number of Topliss-reactive ketones (excluding diaryl/α,β-unsaturated/α-hetero) is 2. The van der Waals surface area contributed by atoms with Crippen LogP contribution in [-0.2, 0) is 20.9 Å². The molecule has 7 rings (SSSR count). The molecule has 5 heteroatoms. The molecule has 0 radical (unpaired) electrons. The largest absolute Gasteiger partial charge is 0.313 e. The number of ketones is 2. The van der Waals surface area contributed by atoms with Gasteiger partial charge in [-0.05, 0) is 152 Å². The number of carbonyl (C=O) groups is 3. The number of rotatable bonds is 10. The van der Waals surface area contributed by atoms with Crippen LogP contribution in [-0.4, -0.2) is 24.4 Å². The van der Waals surface area contributed by atoms with E-state index in [0.29, 0.717) is 64.3 Å². The monoisotopic (exact) mass is 687 g/mol. The van der Waals surface area contributed by atoms with E-state index >= 15 is 0 Å². The zero-order valence-electron chi connectivity index (χ0n) is 31.2. The van der Waals surface area contributed by atoms with Crippen molar-refractivity contribution in [1.29, 1.82) is 0 Å². The molecular formula is C44H62ClNO3. The maximum absolute atomic E-state index is 13.9. The topological polar surface area (TPSA) is 63.2 Å². The predicted octanol–water partition coefficient (Wildman–Crippen LogP) is 10.1. The predicted molar refractivity (Wildman–Crippen MR) is 198 cm³/mol. The van der Waals surface area contributed by atoms with Crippen molar-refractivity contribution in [2.75, 3.05) is 6.54 Å². The van der Waals surface area contributed by atoms with E-state index in [1.54, 1.807) is 5.57 Å². The summed E-state index contributed by atoms with van der Waals surface area (Å²) in [5.41, 5.74) is 4.71. The fraction of sp³-hybridized carbons (Fsp3) is 0.750. The van der Waals surface area contributed by atoms with Gasteiger partial charge in [0.25, 0.3) is 0 Å². The number of hydrogen-bond donors (Lipinski definition) is 1. The number of fused-ring (bicyclic) bond motifs is 7. The average molecular weight is 688 g/mol. The summed E-state index contributed by atoms with van der Waals surface area (Å²) in [5.74, 6) is 5.23. The summed E-state index contributed by atoms with van der Waals surface area (Å²) < 4.78 is 0. The SMILES string of the molecule is CC(C)C1=C2C3CCC4C(C)(CCC5C(C)C(CC(=O)C6CC(C=O)C6C)CCC54C)C3CCC2(CCNCc2ccc(Cl)cc2)CC1=O. The molecule has 5 fully saturated rings. The summed E-state index contributed by atoms with van der Waals surface area (Å²) in [5, 5.41) is 4.49. The van der Waals surface area contributed by atoms with Crippen molar-refractivity contribution >= 4 is 29.5 Å². The highest BCUT2D eigenvalue weighted by Crippen LogP contribution is 2.72. The summed E-state index contributed by atoms with van der Waals surface area (Å²) in [6, 6.07) is 8.12. The van der Waals surface area contributed by atoms with E-state index in [0.717, 1.165) is 50.1 Å². The van der Waals surface area contributed by atoms with Gasteiger partial charge in [-0.15, -0.1) is 0 Å².